The van der Waals surface area contributed by atoms with Crippen molar-refractivity contribution in [2.24, 2.45) is 11.8 Å². The smallest absolute Gasteiger partial charge is 0.371 e. The SMILES string of the molecule is N#Cc1ccc(N2CCC(C(=O)Nc3ccc(N4CCC(CN5CCNCC5)CC4)cn3)CC2)cc1C(F)(F)F. The molecule has 3 aliphatic heterocycles. The number of benzene rings is 1. The minimum absolute atomic E-state index is 0.121. The number of nitrogens with one attached hydrogen (secondary N) is 2. The number of hydrogen-bond acceptors (Lipinski definition) is 7. The van der Waals surface area contributed by atoms with Gasteiger partial charge in [0.15, 0.2) is 0 Å². The van der Waals surface area contributed by atoms with Crippen LogP contribution < -0.4 is 20.4 Å². The molecular formula is C29H36F3N7O. The summed E-state index contributed by atoms with van der Waals surface area (Å²) < 4.78 is 40.0. The largest absolute Gasteiger partial charge is 0.417 e. The summed E-state index contributed by atoms with van der Waals surface area (Å²) in [7, 11) is 0. The molecule has 0 bridgehead atoms. The zero-order valence-corrected chi connectivity index (χ0v) is 22.6. The molecule has 0 spiro atoms. The third kappa shape index (κ3) is 6.85. The van der Waals surface area contributed by atoms with Crippen molar-refractivity contribution in [2.75, 3.05) is 74.0 Å². The van der Waals surface area contributed by atoms with Gasteiger partial charge in [0.1, 0.15) is 5.82 Å². The lowest BCUT2D eigenvalue weighted by Crippen LogP contribution is -2.46. The van der Waals surface area contributed by atoms with E-state index in [4.69, 9.17) is 5.26 Å². The van der Waals surface area contributed by atoms with Gasteiger partial charge in [-0.05, 0) is 61.9 Å². The number of piperazine rings is 1. The predicted octanol–water partition coefficient (Wildman–Crippen LogP) is 3.95. The Labute approximate surface area is 233 Å². The van der Waals surface area contributed by atoms with Crippen LogP contribution in [0.3, 0.4) is 0 Å². The van der Waals surface area contributed by atoms with Crippen LogP contribution in [0.5, 0.6) is 0 Å². The molecule has 214 valence electrons. The van der Waals surface area contributed by atoms with E-state index < -0.39 is 11.7 Å². The Morgan fingerprint density at radius 3 is 2.25 bits per heavy atom. The molecule has 0 aliphatic carbocycles. The Morgan fingerprint density at radius 1 is 0.975 bits per heavy atom. The van der Waals surface area contributed by atoms with Crippen LogP contribution in [0.4, 0.5) is 30.4 Å². The molecule has 0 saturated carbocycles. The summed E-state index contributed by atoms with van der Waals surface area (Å²) in [5, 5.41) is 15.3. The summed E-state index contributed by atoms with van der Waals surface area (Å²) in [6, 6.07) is 9.23. The Balaban J connectivity index is 1.08. The number of halogens is 3. The number of nitrogens with zero attached hydrogens (tertiary/aromatic N) is 5. The van der Waals surface area contributed by atoms with E-state index in [0.717, 1.165) is 56.9 Å². The van der Waals surface area contributed by atoms with Gasteiger partial charge in [0, 0.05) is 70.5 Å². The average molecular weight is 556 g/mol. The third-order valence-electron chi connectivity index (χ3n) is 8.36. The van der Waals surface area contributed by atoms with E-state index >= 15 is 0 Å². The van der Waals surface area contributed by atoms with Gasteiger partial charge < -0.3 is 25.3 Å². The highest BCUT2D eigenvalue weighted by atomic mass is 19.4. The van der Waals surface area contributed by atoms with E-state index in [0.29, 0.717) is 37.4 Å². The summed E-state index contributed by atoms with van der Waals surface area (Å²) in [6.45, 7) is 8.54. The molecule has 5 rings (SSSR count). The van der Waals surface area contributed by atoms with E-state index in [1.807, 2.05) is 23.2 Å². The van der Waals surface area contributed by atoms with Crippen molar-refractivity contribution in [1.82, 2.24) is 15.2 Å². The zero-order valence-electron chi connectivity index (χ0n) is 22.6. The molecule has 1 aromatic carbocycles. The van der Waals surface area contributed by atoms with Crippen molar-refractivity contribution < 1.29 is 18.0 Å². The average Bonchev–Trinajstić information content (AvgIpc) is 2.98. The maximum Gasteiger partial charge on any atom is 0.417 e. The van der Waals surface area contributed by atoms with Crippen molar-refractivity contribution in [3.05, 3.63) is 47.7 Å². The monoisotopic (exact) mass is 555 g/mol. The van der Waals surface area contributed by atoms with Crippen LogP contribution in [0.25, 0.3) is 0 Å². The van der Waals surface area contributed by atoms with E-state index in [1.54, 1.807) is 6.07 Å². The quantitative estimate of drug-likeness (QED) is 0.558. The highest BCUT2D eigenvalue weighted by Gasteiger charge is 2.35. The minimum atomic E-state index is -4.59. The van der Waals surface area contributed by atoms with Crippen LogP contribution >= 0.6 is 0 Å². The number of piperidine rings is 2. The number of amides is 1. The first-order valence-corrected chi connectivity index (χ1v) is 14.1. The van der Waals surface area contributed by atoms with Crippen molar-refractivity contribution >= 4 is 23.1 Å². The third-order valence-corrected chi connectivity index (χ3v) is 8.36. The van der Waals surface area contributed by atoms with Crippen LogP contribution in [0, 0.1) is 23.2 Å². The normalized spacial score (nSPS) is 19.9. The number of anilines is 3. The number of pyridine rings is 1. The standard InChI is InChI=1S/C29H36F3N7O/c30-29(31,32)26-17-24(2-1-23(26)18-33)38-13-7-22(8-14-38)28(40)36-27-4-3-25(19-35-27)39-11-5-21(6-12-39)20-37-15-9-34-10-16-37/h1-4,17,19,21-22,34H,5-16,20H2,(H,35,36,40). The maximum atomic E-state index is 13.3. The van der Waals surface area contributed by atoms with Gasteiger partial charge in [-0.25, -0.2) is 4.98 Å². The Kier molecular flexibility index (Phi) is 8.76. The van der Waals surface area contributed by atoms with E-state index in [2.05, 4.69) is 25.4 Å². The Morgan fingerprint density at radius 2 is 1.62 bits per heavy atom. The van der Waals surface area contributed by atoms with E-state index in [-0.39, 0.29) is 17.4 Å². The molecule has 0 radical (unpaired) electrons. The molecule has 0 unspecified atom stereocenters. The van der Waals surface area contributed by atoms with Gasteiger partial charge in [-0.15, -0.1) is 0 Å². The number of hydrogen-bond donors (Lipinski definition) is 2. The number of rotatable bonds is 6. The van der Waals surface area contributed by atoms with Crippen molar-refractivity contribution in [1.29, 1.82) is 5.26 Å². The summed E-state index contributed by atoms with van der Waals surface area (Å²) in [5.74, 6) is 0.875. The first-order chi connectivity index (χ1) is 19.3. The molecule has 1 amide bonds. The van der Waals surface area contributed by atoms with Crippen LogP contribution in [-0.4, -0.2) is 74.7 Å². The van der Waals surface area contributed by atoms with Gasteiger partial charge in [-0.1, -0.05) is 0 Å². The van der Waals surface area contributed by atoms with E-state index in [1.165, 1.54) is 31.5 Å². The van der Waals surface area contributed by atoms with Crippen molar-refractivity contribution in [2.45, 2.75) is 31.9 Å². The Hall–Kier alpha value is -3.36. The highest BCUT2D eigenvalue weighted by molar-refractivity contribution is 5.92. The van der Waals surface area contributed by atoms with Gasteiger partial charge >= 0.3 is 6.18 Å². The van der Waals surface area contributed by atoms with Crippen molar-refractivity contribution in [3.63, 3.8) is 0 Å². The molecule has 1 aromatic heterocycles. The zero-order chi connectivity index (χ0) is 28.1. The van der Waals surface area contributed by atoms with Gasteiger partial charge in [-0.2, -0.15) is 18.4 Å². The molecule has 8 nitrogen and oxygen atoms in total. The molecule has 40 heavy (non-hydrogen) atoms. The summed E-state index contributed by atoms with van der Waals surface area (Å²) in [4.78, 5) is 24.1. The molecule has 3 aliphatic rings. The summed E-state index contributed by atoms with van der Waals surface area (Å²) >= 11 is 0. The number of alkyl halides is 3. The lowest BCUT2D eigenvalue weighted by molar-refractivity contribution is -0.137. The molecule has 2 aromatic rings. The van der Waals surface area contributed by atoms with Gasteiger partial charge in [0.2, 0.25) is 5.91 Å². The first-order valence-electron chi connectivity index (χ1n) is 14.1. The topological polar surface area (TPSA) is 87.5 Å². The van der Waals surface area contributed by atoms with Gasteiger partial charge in [0.05, 0.1) is 29.1 Å². The molecule has 2 N–H and O–H groups in total. The number of nitriles is 1. The fourth-order valence-corrected chi connectivity index (χ4v) is 5.97. The molecule has 11 heteroatoms. The number of aromatic nitrogens is 1. The molecule has 3 saturated heterocycles. The van der Waals surface area contributed by atoms with Crippen LogP contribution in [0.1, 0.15) is 36.8 Å². The molecular weight excluding hydrogens is 519 g/mol. The molecule has 0 atom stereocenters. The molecule has 3 fully saturated rings. The first kappa shape index (κ1) is 28.2. The summed E-state index contributed by atoms with van der Waals surface area (Å²) in [5.41, 5.74) is 0.156. The molecule has 4 heterocycles. The van der Waals surface area contributed by atoms with Crippen LogP contribution in [0.15, 0.2) is 36.5 Å². The van der Waals surface area contributed by atoms with Crippen molar-refractivity contribution in [3.8, 4) is 6.07 Å². The fraction of sp³-hybridized carbons (Fsp3) is 0.552. The number of carbonyl (C=O) groups excluding carboxylic acids is 1. The van der Waals surface area contributed by atoms with Crippen LogP contribution in [-0.2, 0) is 11.0 Å². The lowest BCUT2D eigenvalue weighted by atomic mass is 9.95. The van der Waals surface area contributed by atoms with Gasteiger partial charge in [0.25, 0.3) is 0 Å². The second-order valence-electron chi connectivity index (χ2n) is 11.0. The maximum absolute atomic E-state index is 13.3. The summed E-state index contributed by atoms with van der Waals surface area (Å²) in [6.07, 6.45) is 0.603. The van der Waals surface area contributed by atoms with Crippen LogP contribution in [0.2, 0.25) is 0 Å². The second kappa shape index (κ2) is 12.4. The highest BCUT2D eigenvalue weighted by Crippen LogP contribution is 2.35. The fourth-order valence-electron chi connectivity index (χ4n) is 5.97. The number of carbonyl (C=O) groups is 1. The minimum Gasteiger partial charge on any atom is -0.371 e. The van der Waals surface area contributed by atoms with E-state index in [9.17, 15) is 18.0 Å². The Bertz CT molecular complexity index is 1190. The predicted molar refractivity (Wildman–Crippen MR) is 148 cm³/mol. The lowest BCUT2D eigenvalue weighted by Gasteiger charge is -2.37. The van der Waals surface area contributed by atoms with Gasteiger partial charge in [-0.3, -0.25) is 4.79 Å². The second-order valence-corrected chi connectivity index (χ2v) is 11.0.